The van der Waals surface area contributed by atoms with Crippen LogP contribution in [-0.4, -0.2) is 10.7 Å². The van der Waals surface area contributed by atoms with Crippen LogP contribution in [0.3, 0.4) is 0 Å². The van der Waals surface area contributed by atoms with Gasteiger partial charge in [-0.3, -0.25) is 5.43 Å². The molecule has 0 unspecified atom stereocenters. The van der Waals surface area contributed by atoms with Crippen molar-refractivity contribution in [1.29, 1.82) is 5.26 Å². The van der Waals surface area contributed by atoms with E-state index in [4.69, 9.17) is 15.7 Å². The minimum Gasteiger partial charge on any atom is -0.457 e. The molecule has 2 aromatic rings. The maximum atomic E-state index is 8.77. The van der Waals surface area contributed by atoms with Crippen molar-refractivity contribution in [3.8, 4) is 17.6 Å². The maximum absolute atomic E-state index is 8.77. The van der Waals surface area contributed by atoms with Crippen molar-refractivity contribution in [3.05, 3.63) is 54.6 Å². The monoisotopic (exact) mass is 296 g/mol. The van der Waals surface area contributed by atoms with Crippen molar-refractivity contribution in [3.63, 3.8) is 0 Å². The van der Waals surface area contributed by atoms with Gasteiger partial charge in [0.2, 0.25) is 0 Å². The van der Waals surface area contributed by atoms with Gasteiger partial charge in [0, 0.05) is 0 Å². The average Bonchev–Trinajstić information content (AvgIpc) is 2.50. The number of benzene rings is 2. The number of thiocarbonyl (C=S) groups is 1. The number of nitrogens with one attached hydrogen (secondary N) is 1. The zero-order valence-electron chi connectivity index (χ0n) is 11.0. The van der Waals surface area contributed by atoms with Crippen molar-refractivity contribution in [2.75, 3.05) is 5.43 Å². The Morgan fingerprint density at radius 1 is 1.10 bits per heavy atom. The van der Waals surface area contributed by atoms with E-state index in [1.165, 1.54) is 0 Å². The smallest absolute Gasteiger partial charge is 0.194 e. The van der Waals surface area contributed by atoms with Crippen LogP contribution in [-0.2, 0) is 0 Å². The van der Waals surface area contributed by atoms with Crippen molar-refractivity contribution in [1.82, 2.24) is 0 Å². The van der Waals surface area contributed by atoms with Crippen LogP contribution < -0.4 is 15.9 Å². The number of hydrogen-bond donors (Lipinski definition) is 2. The molecule has 21 heavy (non-hydrogen) atoms. The van der Waals surface area contributed by atoms with Gasteiger partial charge >= 0.3 is 0 Å². The molecule has 5 nitrogen and oxygen atoms in total. The second-order valence-corrected chi connectivity index (χ2v) is 4.43. The fourth-order valence-corrected chi connectivity index (χ4v) is 1.57. The Kier molecular flexibility index (Phi) is 4.85. The lowest BCUT2D eigenvalue weighted by atomic mass is 10.3. The van der Waals surface area contributed by atoms with Gasteiger partial charge < -0.3 is 10.5 Å². The Balaban J connectivity index is 2.03. The van der Waals surface area contributed by atoms with E-state index in [0.717, 1.165) is 5.75 Å². The van der Waals surface area contributed by atoms with Crippen LogP contribution in [0, 0.1) is 11.3 Å². The van der Waals surface area contributed by atoms with Crippen LogP contribution in [0.15, 0.2) is 59.7 Å². The first-order valence-corrected chi connectivity index (χ1v) is 6.46. The summed E-state index contributed by atoms with van der Waals surface area (Å²) in [6.07, 6.45) is 0. The zero-order valence-corrected chi connectivity index (χ0v) is 11.8. The Labute approximate surface area is 127 Å². The molecule has 0 saturated heterocycles. The third-order valence-electron chi connectivity index (χ3n) is 2.47. The largest absolute Gasteiger partial charge is 0.457 e. The van der Waals surface area contributed by atoms with Gasteiger partial charge in [-0.1, -0.05) is 30.4 Å². The summed E-state index contributed by atoms with van der Waals surface area (Å²) in [5.41, 5.74) is 8.73. The van der Waals surface area contributed by atoms with Crippen molar-refractivity contribution >= 4 is 28.6 Å². The summed E-state index contributed by atoms with van der Waals surface area (Å²) in [6, 6.07) is 18.4. The highest BCUT2D eigenvalue weighted by atomic mass is 32.1. The predicted octanol–water partition coefficient (Wildman–Crippen LogP) is 3.06. The molecule has 0 saturated carbocycles. The third kappa shape index (κ3) is 4.30. The highest BCUT2D eigenvalue weighted by Crippen LogP contribution is 2.22. The van der Waals surface area contributed by atoms with Gasteiger partial charge in [0.05, 0.1) is 5.69 Å². The molecule has 0 radical (unpaired) electrons. The molecular weight excluding hydrogens is 284 g/mol. The molecule has 0 amide bonds. The molecule has 0 heterocycles. The Hall–Kier alpha value is -2.91. The number of nitrogens with zero attached hydrogens (tertiary/aromatic N) is 2. The van der Waals surface area contributed by atoms with Gasteiger partial charge in [0.25, 0.3) is 0 Å². The van der Waals surface area contributed by atoms with Crippen LogP contribution in [0.2, 0.25) is 0 Å². The summed E-state index contributed by atoms with van der Waals surface area (Å²) in [4.78, 5) is -0.0472. The summed E-state index contributed by atoms with van der Waals surface area (Å²) in [5, 5.41) is 12.6. The molecule has 104 valence electrons. The first kappa shape index (κ1) is 14.5. The van der Waals surface area contributed by atoms with Crippen molar-refractivity contribution in [2.24, 2.45) is 10.8 Å². The number of rotatable bonds is 5. The molecule has 0 aliphatic rings. The van der Waals surface area contributed by atoms with Gasteiger partial charge in [0.1, 0.15) is 22.6 Å². The summed E-state index contributed by atoms with van der Waals surface area (Å²) >= 11 is 4.69. The maximum Gasteiger partial charge on any atom is 0.194 e. The van der Waals surface area contributed by atoms with E-state index in [1.807, 2.05) is 36.4 Å². The molecule has 2 rings (SSSR count). The van der Waals surface area contributed by atoms with Gasteiger partial charge in [-0.05, 0) is 36.4 Å². The van der Waals surface area contributed by atoms with Gasteiger partial charge in [-0.2, -0.15) is 10.4 Å². The van der Waals surface area contributed by atoms with Crippen LogP contribution in [0.4, 0.5) is 5.69 Å². The summed E-state index contributed by atoms with van der Waals surface area (Å²) in [6.45, 7) is 0. The lowest BCUT2D eigenvalue weighted by Crippen LogP contribution is -2.20. The number of nitrogens with two attached hydrogens (primary N) is 1. The van der Waals surface area contributed by atoms with E-state index in [1.54, 1.807) is 24.3 Å². The number of hydrazone groups is 1. The topological polar surface area (TPSA) is 83.4 Å². The van der Waals surface area contributed by atoms with Gasteiger partial charge in [-0.15, -0.1) is 0 Å². The molecular formula is C15H12N4OS. The van der Waals surface area contributed by atoms with Crippen molar-refractivity contribution < 1.29 is 4.74 Å². The van der Waals surface area contributed by atoms with Crippen LogP contribution in [0.25, 0.3) is 0 Å². The molecule has 6 heteroatoms. The van der Waals surface area contributed by atoms with E-state index >= 15 is 0 Å². The number of para-hydroxylation sites is 1. The molecule has 0 atom stereocenters. The highest BCUT2D eigenvalue weighted by Gasteiger charge is 2.01. The summed E-state index contributed by atoms with van der Waals surface area (Å²) in [7, 11) is 0. The Morgan fingerprint density at radius 3 is 2.29 bits per heavy atom. The van der Waals surface area contributed by atoms with E-state index in [2.05, 4.69) is 22.7 Å². The van der Waals surface area contributed by atoms with Crippen LogP contribution in [0.1, 0.15) is 0 Å². The molecule has 0 aromatic heterocycles. The lowest BCUT2D eigenvalue weighted by Gasteiger charge is -2.06. The van der Waals surface area contributed by atoms with E-state index < -0.39 is 0 Å². The molecule has 0 aliphatic carbocycles. The normalized spacial score (nSPS) is 10.5. The molecule has 0 fully saturated rings. The second-order valence-electron chi connectivity index (χ2n) is 3.99. The number of nitriles is 1. The van der Waals surface area contributed by atoms with E-state index in [0.29, 0.717) is 11.4 Å². The standard InChI is InChI=1S/C15H12N4OS/c16-10-14(15(17)21)19-18-11-6-8-13(9-7-11)20-12-4-2-1-3-5-12/h1-9,18H,(H2,17,21)/b19-14+. The fourth-order valence-electron chi connectivity index (χ4n) is 1.48. The summed E-state index contributed by atoms with van der Waals surface area (Å²) in [5.74, 6) is 1.46. The zero-order chi connectivity index (χ0) is 15.1. The molecule has 3 N–H and O–H groups in total. The number of ether oxygens (including phenoxy) is 1. The molecule has 2 aromatic carbocycles. The first-order valence-electron chi connectivity index (χ1n) is 6.05. The van der Waals surface area contributed by atoms with Crippen LogP contribution in [0.5, 0.6) is 11.5 Å². The predicted molar refractivity (Wildman–Crippen MR) is 86.4 cm³/mol. The lowest BCUT2D eigenvalue weighted by molar-refractivity contribution is 0.483. The summed E-state index contributed by atoms with van der Waals surface area (Å²) < 4.78 is 5.66. The van der Waals surface area contributed by atoms with Gasteiger partial charge in [-0.25, -0.2) is 0 Å². The fraction of sp³-hybridized carbons (Fsp3) is 0. The molecule has 0 spiro atoms. The van der Waals surface area contributed by atoms with Gasteiger partial charge in [0.15, 0.2) is 5.71 Å². The highest BCUT2D eigenvalue weighted by molar-refractivity contribution is 7.82. The number of anilines is 1. The second kappa shape index (κ2) is 7.03. The average molecular weight is 296 g/mol. The van der Waals surface area contributed by atoms with E-state index in [9.17, 15) is 0 Å². The Bertz CT molecular complexity index is 690. The third-order valence-corrected chi connectivity index (χ3v) is 2.66. The molecule has 0 aliphatic heterocycles. The molecule has 0 bridgehead atoms. The van der Waals surface area contributed by atoms with Crippen LogP contribution >= 0.6 is 12.2 Å². The SMILES string of the molecule is N#C/C(=N\Nc1ccc(Oc2ccccc2)cc1)C(N)=S. The van der Waals surface area contributed by atoms with Crippen molar-refractivity contribution in [2.45, 2.75) is 0 Å². The quantitative estimate of drug-likeness (QED) is 0.503. The minimum atomic E-state index is -0.0472. The minimum absolute atomic E-state index is 0.0189. The number of hydrogen-bond acceptors (Lipinski definition) is 5. The van der Waals surface area contributed by atoms with E-state index in [-0.39, 0.29) is 10.7 Å². The first-order chi connectivity index (χ1) is 10.2. The Morgan fingerprint density at radius 2 is 1.71 bits per heavy atom.